The standard InChI is InChI=1S/C19H19N5O2S/c1-13-22-23-19(24(13)11-14-5-3-2-4-6-14)27-12-17(25)15-7-9-16(10-8-15)21-18(20)26/h2-10H,11-12H2,1H3,(H3,20,21,26). The minimum atomic E-state index is -0.641. The third-order valence-electron chi connectivity index (χ3n) is 3.89. The molecular formula is C19H19N5O2S. The van der Waals surface area contributed by atoms with Gasteiger partial charge in [0.1, 0.15) is 5.82 Å². The largest absolute Gasteiger partial charge is 0.351 e. The summed E-state index contributed by atoms with van der Waals surface area (Å²) < 4.78 is 1.99. The maximum Gasteiger partial charge on any atom is 0.316 e. The number of urea groups is 1. The number of carbonyl (C=O) groups excluding carboxylic acids is 2. The van der Waals surface area contributed by atoms with Gasteiger partial charge in [0.15, 0.2) is 10.9 Å². The van der Waals surface area contributed by atoms with Gasteiger partial charge in [0.05, 0.1) is 12.3 Å². The number of carbonyl (C=O) groups is 2. The van der Waals surface area contributed by atoms with E-state index < -0.39 is 6.03 Å². The fourth-order valence-electron chi connectivity index (χ4n) is 2.51. The molecule has 0 aliphatic carbocycles. The fraction of sp³-hybridized carbons (Fsp3) is 0.158. The number of anilines is 1. The van der Waals surface area contributed by atoms with E-state index in [9.17, 15) is 9.59 Å². The lowest BCUT2D eigenvalue weighted by molar-refractivity contribution is 0.102. The second kappa shape index (κ2) is 8.50. The van der Waals surface area contributed by atoms with Crippen molar-refractivity contribution in [2.45, 2.75) is 18.6 Å². The molecule has 27 heavy (non-hydrogen) atoms. The Morgan fingerprint density at radius 3 is 2.44 bits per heavy atom. The van der Waals surface area contributed by atoms with Crippen molar-refractivity contribution in [3.63, 3.8) is 0 Å². The molecular weight excluding hydrogens is 362 g/mol. The quantitative estimate of drug-likeness (QED) is 0.483. The zero-order valence-corrected chi connectivity index (χ0v) is 15.6. The van der Waals surface area contributed by atoms with Crippen LogP contribution in [0.25, 0.3) is 0 Å². The summed E-state index contributed by atoms with van der Waals surface area (Å²) in [5.74, 6) is 1.02. The highest BCUT2D eigenvalue weighted by atomic mass is 32.2. The van der Waals surface area contributed by atoms with Crippen LogP contribution in [0, 0.1) is 6.92 Å². The van der Waals surface area contributed by atoms with Crippen molar-refractivity contribution < 1.29 is 9.59 Å². The van der Waals surface area contributed by atoms with Gasteiger partial charge in [-0.2, -0.15) is 0 Å². The lowest BCUT2D eigenvalue weighted by atomic mass is 10.1. The van der Waals surface area contributed by atoms with Crippen molar-refractivity contribution in [1.82, 2.24) is 14.8 Å². The van der Waals surface area contributed by atoms with E-state index in [2.05, 4.69) is 15.5 Å². The van der Waals surface area contributed by atoms with Crippen molar-refractivity contribution in [2.75, 3.05) is 11.1 Å². The molecule has 1 aromatic heterocycles. The molecule has 0 aliphatic heterocycles. The van der Waals surface area contributed by atoms with E-state index in [0.29, 0.717) is 23.0 Å². The van der Waals surface area contributed by atoms with Crippen LogP contribution >= 0.6 is 11.8 Å². The molecule has 0 saturated carbocycles. The minimum Gasteiger partial charge on any atom is -0.351 e. The number of benzene rings is 2. The van der Waals surface area contributed by atoms with Gasteiger partial charge >= 0.3 is 6.03 Å². The third-order valence-corrected chi connectivity index (χ3v) is 4.86. The Bertz CT molecular complexity index is 938. The molecule has 0 fully saturated rings. The molecule has 0 atom stereocenters. The molecule has 0 radical (unpaired) electrons. The number of nitrogens with one attached hydrogen (secondary N) is 1. The first-order chi connectivity index (χ1) is 13.0. The Kier molecular flexibility index (Phi) is 5.87. The SMILES string of the molecule is Cc1nnc(SCC(=O)c2ccc(NC(N)=O)cc2)n1Cc1ccccc1. The monoisotopic (exact) mass is 381 g/mol. The first-order valence-corrected chi connectivity index (χ1v) is 9.28. The van der Waals surface area contributed by atoms with Crippen LogP contribution in [-0.2, 0) is 6.54 Å². The average molecular weight is 381 g/mol. The zero-order valence-electron chi connectivity index (χ0n) is 14.8. The topological polar surface area (TPSA) is 103 Å². The highest BCUT2D eigenvalue weighted by Crippen LogP contribution is 2.20. The maximum absolute atomic E-state index is 12.4. The normalized spacial score (nSPS) is 10.6. The average Bonchev–Trinajstić information content (AvgIpc) is 3.00. The number of amides is 2. The van der Waals surface area contributed by atoms with Crippen LogP contribution in [0.3, 0.4) is 0 Å². The summed E-state index contributed by atoms with van der Waals surface area (Å²) in [5.41, 5.74) is 7.32. The molecule has 0 spiro atoms. The summed E-state index contributed by atoms with van der Waals surface area (Å²) >= 11 is 1.35. The van der Waals surface area contributed by atoms with Gasteiger partial charge in [-0.3, -0.25) is 4.79 Å². The number of hydrogen-bond donors (Lipinski definition) is 2. The Labute approximate surface area is 161 Å². The number of nitrogens with zero attached hydrogens (tertiary/aromatic N) is 3. The predicted octanol–water partition coefficient (Wildman–Crippen LogP) is 3.10. The summed E-state index contributed by atoms with van der Waals surface area (Å²) in [7, 11) is 0. The molecule has 3 aromatic rings. The van der Waals surface area contributed by atoms with Gasteiger partial charge in [-0.1, -0.05) is 42.1 Å². The lowest BCUT2D eigenvalue weighted by Gasteiger charge is -2.08. The number of Topliss-reactive ketones (excluding diaryl/α,β-unsaturated/α-hetero) is 1. The van der Waals surface area contributed by atoms with E-state index in [-0.39, 0.29) is 11.5 Å². The Balaban J connectivity index is 1.64. The van der Waals surface area contributed by atoms with Gasteiger partial charge in [0, 0.05) is 11.3 Å². The number of aromatic nitrogens is 3. The second-order valence-electron chi connectivity index (χ2n) is 5.88. The van der Waals surface area contributed by atoms with Gasteiger partial charge in [0.2, 0.25) is 0 Å². The van der Waals surface area contributed by atoms with Crippen molar-refractivity contribution in [2.24, 2.45) is 5.73 Å². The summed E-state index contributed by atoms with van der Waals surface area (Å²) in [6.07, 6.45) is 0. The van der Waals surface area contributed by atoms with Crippen LogP contribution in [-0.4, -0.2) is 32.3 Å². The van der Waals surface area contributed by atoms with E-state index in [0.717, 1.165) is 11.4 Å². The first kappa shape index (κ1) is 18.7. The number of thioether (sulfide) groups is 1. The Morgan fingerprint density at radius 1 is 1.07 bits per heavy atom. The first-order valence-electron chi connectivity index (χ1n) is 8.29. The fourth-order valence-corrected chi connectivity index (χ4v) is 3.39. The van der Waals surface area contributed by atoms with E-state index >= 15 is 0 Å². The van der Waals surface area contributed by atoms with Crippen molar-refractivity contribution in [3.8, 4) is 0 Å². The minimum absolute atomic E-state index is 0.0301. The molecule has 2 amide bonds. The van der Waals surface area contributed by atoms with Crippen molar-refractivity contribution >= 4 is 29.3 Å². The van der Waals surface area contributed by atoms with Crippen LogP contribution in [0.5, 0.6) is 0 Å². The van der Waals surface area contributed by atoms with Crippen molar-refractivity contribution in [1.29, 1.82) is 0 Å². The summed E-state index contributed by atoms with van der Waals surface area (Å²) in [6.45, 7) is 2.55. The Hall–Kier alpha value is -3.13. The number of primary amides is 1. The number of aryl methyl sites for hydroxylation is 1. The number of ketones is 1. The molecule has 0 aliphatic rings. The molecule has 0 saturated heterocycles. The zero-order chi connectivity index (χ0) is 19.2. The summed E-state index contributed by atoms with van der Waals surface area (Å²) in [4.78, 5) is 23.3. The van der Waals surface area contributed by atoms with Crippen LogP contribution < -0.4 is 11.1 Å². The summed E-state index contributed by atoms with van der Waals surface area (Å²) in [6, 6.07) is 16.0. The van der Waals surface area contributed by atoms with Crippen LogP contribution in [0.4, 0.5) is 10.5 Å². The van der Waals surface area contributed by atoms with E-state index in [4.69, 9.17) is 5.73 Å². The molecule has 0 bridgehead atoms. The van der Waals surface area contributed by atoms with Gasteiger partial charge in [-0.25, -0.2) is 4.79 Å². The molecule has 3 rings (SSSR count). The second-order valence-corrected chi connectivity index (χ2v) is 6.82. The van der Waals surface area contributed by atoms with Gasteiger partial charge in [-0.15, -0.1) is 10.2 Å². The van der Waals surface area contributed by atoms with E-state index in [1.165, 1.54) is 11.8 Å². The lowest BCUT2D eigenvalue weighted by Crippen LogP contribution is -2.19. The molecule has 0 unspecified atom stereocenters. The molecule has 8 heteroatoms. The Morgan fingerprint density at radius 2 is 1.78 bits per heavy atom. The molecule has 2 aromatic carbocycles. The van der Waals surface area contributed by atoms with Crippen LogP contribution in [0.15, 0.2) is 59.8 Å². The highest BCUT2D eigenvalue weighted by Gasteiger charge is 2.13. The van der Waals surface area contributed by atoms with Crippen LogP contribution in [0.1, 0.15) is 21.7 Å². The number of rotatable bonds is 7. The third kappa shape index (κ3) is 4.95. The van der Waals surface area contributed by atoms with Crippen molar-refractivity contribution in [3.05, 3.63) is 71.5 Å². The summed E-state index contributed by atoms with van der Waals surface area (Å²) in [5, 5.41) is 11.5. The number of nitrogens with two attached hydrogens (primary N) is 1. The van der Waals surface area contributed by atoms with E-state index in [1.807, 2.05) is 41.8 Å². The van der Waals surface area contributed by atoms with Gasteiger partial charge in [0.25, 0.3) is 0 Å². The highest BCUT2D eigenvalue weighted by molar-refractivity contribution is 7.99. The molecule has 138 valence electrons. The predicted molar refractivity (Wildman–Crippen MR) is 105 cm³/mol. The molecule has 3 N–H and O–H groups in total. The van der Waals surface area contributed by atoms with Gasteiger partial charge in [-0.05, 0) is 36.8 Å². The molecule has 1 heterocycles. The molecule has 7 nitrogen and oxygen atoms in total. The number of hydrogen-bond acceptors (Lipinski definition) is 5. The van der Waals surface area contributed by atoms with Gasteiger partial charge < -0.3 is 15.6 Å². The maximum atomic E-state index is 12.4. The smallest absolute Gasteiger partial charge is 0.316 e. The van der Waals surface area contributed by atoms with Crippen LogP contribution in [0.2, 0.25) is 0 Å². The van der Waals surface area contributed by atoms with E-state index in [1.54, 1.807) is 24.3 Å².